The van der Waals surface area contributed by atoms with Crippen LogP contribution in [0.15, 0.2) is 53.3 Å². The summed E-state index contributed by atoms with van der Waals surface area (Å²) in [5.41, 5.74) is 0.754. The average Bonchev–Trinajstić information content (AvgIpc) is 3.10. The zero-order valence-electron chi connectivity index (χ0n) is 13.0. The Hall–Kier alpha value is -3.22. The number of methoxy groups -OCH3 is 1. The van der Waals surface area contributed by atoms with E-state index in [1.165, 1.54) is 7.11 Å². The Bertz CT molecular complexity index is 817. The van der Waals surface area contributed by atoms with E-state index in [0.717, 1.165) is 5.56 Å². The van der Waals surface area contributed by atoms with Gasteiger partial charge in [0.05, 0.1) is 13.5 Å². The fourth-order valence-corrected chi connectivity index (χ4v) is 2.05. The van der Waals surface area contributed by atoms with E-state index >= 15 is 0 Å². The fourth-order valence-electron chi connectivity index (χ4n) is 2.05. The Morgan fingerprint density at radius 1 is 1.17 bits per heavy atom. The maximum atomic E-state index is 12.0. The van der Waals surface area contributed by atoms with E-state index in [0.29, 0.717) is 29.6 Å². The van der Waals surface area contributed by atoms with Crippen molar-refractivity contribution < 1.29 is 18.8 Å². The summed E-state index contributed by atoms with van der Waals surface area (Å²) in [6.07, 6.45) is 3.72. The first-order valence-electron chi connectivity index (χ1n) is 7.33. The predicted octanol–water partition coefficient (Wildman–Crippen LogP) is 2.68. The minimum Gasteiger partial charge on any atom is -0.493 e. The molecule has 0 aliphatic rings. The third kappa shape index (κ3) is 3.75. The zero-order valence-corrected chi connectivity index (χ0v) is 13.0. The molecule has 0 radical (unpaired) electrons. The van der Waals surface area contributed by atoms with Crippen LogP contribution in [0.25, 0.3) is 11.4 Å². The smallest absolute Gasteiger partial charge is 0.311 e. The summed E-state index contributed by atoms with van der Waals surface area (Å²) in [5, 5.41) is 3.88. The normalized spacial score (nSPS) is 10.4. The van der Waals surface area contributed by atoms with Crippen LogP contribution >= 0.6 is 0 Å². The Kier molecular flexibility index (Phi) is 4.81. The number of carbonyl (C=O) groups is 1. The summed E-state index contributed by atoms with van der Waals surface area (Å²) in [6.45, 7) is 0. The highest BCUT2D eigenvalue weighted by molar-refractivity contribution is 5.73. The standard InChI is InChI=1S/C17H15N3O4/c1-22-13-6-2-3-7-14(13)23-16(21)9-8-15-19-17(20-24-15)12-5-4-10-18-11-12/h2-7,10-11H,8-9H2,1H3. The molecule has 7 heteroatoms. The summed E-state index contributed by atoms with van der Waals surface area (Å²) < 4.78 is 15.6. The number of esters is 1. The molecule has 0 fully saturated rings. The van der Waals surface area contributed by atoms with Crippen molar-refractivity contribution in [2.24, 2.45) is 0 Å². The van der Waals surface area contributed by atoms with Gasteiger partial charge in [-0.3, -0.25) is 9.78 Å². The number of hydrogen-bond donors (Lipinski definition) is 0. The van der Waals surface area contributed by atoms with Crippen molar-refractivity contribution >= 4 is 5.97 Å². The van der Waals surface area contributed by atoms with E-state index in [-0.39, 0.29) is 6.42 Å². The number of carbonyl (C=O) groups excluding carboxylic acids is 1. The van der Waals surface area contributed by atoms with Crippen LogP contribution in [0.2, 0.25) is 0 Å². The second-order valence-corrected chi connectivity index (χ2v) is 4.88. The van der Waals surface area contributed by atoms with Crippen LogP contribution in [0.3, 0.4) is 0 Å². The molecule has 0 unspecified atom stereocenters. The molecule has 3 aromatic rings. The van der Waals surface area contributed by atoms with E-state index in [4.69, 9.17) is 14.0 Å². The lowest BCUT2D eigenvalue weighted by atomic mass is 10.2. The topological polar surface area (TPSA) is 87.3 Å². The molecule has 0 spiro atoms. The van der Waals surface area contributed by atoms with Gasteiger partial charge in [0, 0.05) is 24.4 Å². The summed E-state index contributed by atoms with van der Waals surface area (Å²) in [4.78, 5) is 20.2. The minimum atomic E-state index is -0.402. The molecule has 0 saturated carbocycles. The van der Waals surface area contributed by atoms with Crippen LogP contribution in [-0.2, 0) is 11.2 Å². The number of rotatable bonds is 6. The maximum absolute atomic E-state index is 12.0. The molecule has 3 rings (SSSR count). The van der Waals surface area contributed by atoms with Crippen LogP contribution in [0.4, 0.5) is 0 Å². The van der Waals surface area contributed by atoms with Crippen LogP contribution < -0.4 is 9.47 Å². The largest absolute Gasteiger partial charge is 0.493 e. The first-order valence-corrected chi connectivity index (χ1v) is 7.33. The Morgan fingerprint density at radius 3 is 2.75 bits per heavy atom. The number of aryl methyl sites for hydroxylation is 1. The zero-order chi connectivity index (χ0) is 16.8. The average molecular weight is 325 g/mol. The quantitative estimate of drug-likeness (QED) is 0.508. The molecule has 122 valence electrons. The number of benzene rings is 1. The fraction of sp³-hybridized carbons (Fsp3) is 0.176. The first-order chi connectivity index (χ1) is 11.8. The molecular formula is C17H15N3O4. The van der Waals surface area contributed by atoms with Crippen molar-refractivity contribution in [3.63, 3.8) is 0 Å². The second-order valence-electron chi connectivity index (χ2n) is 4.88. The molecule has 2 heterocycles. The van der Waals surface area contributed by atoms with Gasteiger partial charge < -0.3 is 14.0 Å². The third-order valence-corrected chi connectivity index (χ3v) is 3.22. The minimum absolute atomic E-state index is 0.118. The molecule has 0 aliphatic heterocycles. The van der Waals surface area contributed by atoms with Crippen molar-refractivity contribution in [3.8, 4) is 22.9 Å². The highest BCUT2D eigenvalue weighted by Gasteiger charge is 2.13. The van der Waals surface area contributed by atoms with E-state index in [1.807, 2.05) is 6.07 Å². The summed E-state index contributed by atoms with van der Waals surface area (Å²) in [6, 6.07) is 10.6. The highest BCUT2D eigenvalue weighted by atomic mass is 16.6. The van der Waals surface area contributed by atoms with Gasteiger partial charge in [0.2, 0.25) is 11.7 Å². The van der Waals surface area contributed by atoms with Crippen molar-refractivity contribution in [3.05, 3.63) is 54.7 Å². The van der Waals surface area contributed by atoms with Gasteiger partial charge in [0.25, 0.3) is 0 Å². The lowest BCUT2D eigenvalue weighted by Gasteiger charge is -2.07. The second kappa shape index (κ2) is 7.36. The van der Waals surface area contributed by atoms with Gasteiger partial charge in [-0.2, -0.15) is 4.98 Å². The van der Waals surface area contributed by atoms with Gasteiger partial charge in [-0.15, -0.1) is 0 Å². The van der Waals surface area contributed by atoms with Gasteiger partial charge in [0.1, 0.15) is 0 Å². The lowest BCUT2D eigenvalue weighted by Crippen LogP contribution is -2.09. The molecular weight excluding hydrogens is 310 g/mol. The van der Waals surface area contributed by atoms with E-state index in [1.54, 1.807) is 42.7 Å². The van der Waals surface area contributed by atoms with E-state index in [9.17, 15) is 4.79 Å². The van der Waals surface area contributed by atoms with Crippen molar-refractivity contribution in [2.45, 2.75) is 12.8 Å². The predicted molar refractivity (Wildman–Crippen MR) is 84.5 cm³/mol. The molecule has 0 atom stereocenters. The molecule has 1 aromatic carbocycles. The number of ether oxygens (including phenoxy) is 2. The molecule has 0 saturated heterocycles. The van der Waals surface area contributed by atoms with Crippen LogP contribution in [0.5, 0.6) is 11.5 Å². The van der Waals surface area contributed by atoms with Gasteiger partial charge >= 0.3 is 5.97 Å². The summed E-state index contributed by atoms with van der Waals surface area (Å²) in [5.74, 6) is 1.29. The Balaban J connectivity index is 1.58. The molecule has 0 bridgehead atoms. The number of para-hydroxylation sites is 2. The molecule has 0 aliphatic carbocycles. The van der Waals surface area contributed by atoms with Gasteiger partial charge in [-0.1, -0.05) is 17.3 Å². The van der Waals surface area contributed by atoms with Crippen LogP contribution in [-0.4, -0.2) is 28.2 Å². The number of nitrogens with zero attached hydrogens (tertiary/aromatic N) is 3. The number of hydrogen-bond acceptors (Lipinski definition) is 7. The van der Waals surface area contributed by atoms with Gasteiger partial charge in [-0.05, 0) is 24.3 Å². The van der Waals surface area contributed by atoms with Gasteiger partial charge in [0.15, 0.2) is 11.5 Å². The maximum Gasteiger partial charge on any atom is 0.311 e. The van der Waals surface area contributed by atoms with E-state index < -0.39 is 5.97 Å². The monoisotopic (exact) mass is 325 g/mol. The molecule has 7 nitrogen and oxygen atoms in total. The van der Waals surface area contributed by atoms with Crippen LogP contribution in [0.1, 0.15) is 12.3 Å². The molecule has 2 aromatic heterocycles. The van der Waals surface area contributed by atoms with E-state index in [2.05, 4.69) is 15.1 Å². The van der Waals surface area contributed by atoms with Crippen molar-refractivity contribution in [1.29, 1.82) is 0 Å². The number of aromatic nitrogens is 3. The molecule has 0 N–H and O–H groups in total. The molecule has 24 heavy (non-hydrogen) atoms. The van der Waals surface area contributed by atoms with Gasteiger partial charge in [-0.25, -0.2) is 0 Å². The third-order valence-electron chi connectivity index (χ3n) is 3.22. The van der Waals surface area contributed by atoms with Crippen molar-refractivity contribution in [1.82, 2.24) is 15.1 Å². The lowest BCUT2D eigenvalue weighted by molar-refractivity contribution is -0.134. The van der Waals surface area contributed by atoms with Crippen LogP contribution in [0, 0.1) is 0 Å². The SMILES string of the molecule is COc1ccccc1OC(=O)CCc1nc(-c2cccnc2)no1. The summed E-state index contributed by atoms with van der Waals surface area (Å²) in [7, 11) is 1.52. The Labute approximate surface area is 138 Å². The molecule has 0 amide bonds. The first kappa shape index (κ1) is 15.7. The highest BCUT2D eigenvalue weighted by Crippen LogP contribution is 2.26. The number of pyridine rings is 1. The summed E-state index contributed by atoms with van der Waals surface area (Å²) >= 11 is 0. The Morgan fingerprint density at radius 2 is 2.00 bits per heavy atom. The van der Waals surface area contributed by atoms with Crippen molar-refractivity contribution in [2.75, 3.05) is 7.11 Å².